The lowest BCUT2D eigenvalue weighted by atomic mass is 10.0. The van der Waals surface area contributed by atoms with Crippen molar-refractivity contribution in [2.45, 2.75) is 44.6 Å². The lowest BCUT2D eigenvalue weighted by Gasteiger charge is -2.22. The van der Waals surface area contributed by atoms with Gasteiger partial charge in [-0.1, -0.05) is 19.8 Å². The highest BCUT2D eigenvalue weighted by atomic mass is 35.5. The van der Waals surface area contributed by atoms with Gasteiger partial charge in [0.15, 0.2) is 0 Å². The van der Waals surface area contributed by atoms with Gasteiger partial charge in [-0.3, -0.25) is 0 Å². The first-order chi connectivity index (χ1) is 9.11. The Labute approximate surface area is 118 Å². The largest absolute Gasteiger partial charge is 0.388 e. The third kappa shape index (κ3) is 4.18. The number of hydrogen-bond donors (Lipinski definition) is 3. The van der Waals surface area contributed by atoms with Crippen molar-refractivity contribution in [2.24, 2.45) is 0 Å². The number of aromatic nitrogens is 3. The second kappa shape index (κ2) is 6.34. The Balaban J connectivity index is 1.97. The van der Waals surface area contributed by atoms with Crippen LogP contribution >= 0.6 is 11.6 Å². The minimum atomic E-state index is -0.643. The first-order valence-electron chi connectivity index (χ1n) is 6.73. The Morgan fingerprint density at radius 2 is 1.79 bits per heavy atom. The average molecular weight is 286 g/mol. The van der Waals surface area contributed by atoms with Gasteiger partial charge in [0.2, 0.25) is 17.2 Å². The normalized spacial score (nSPS) is 17.4. The smallest absolute Gasteiger partial charge is 0.228 e. The second-order valence-electron chi connectivity index (χ2n) is 4.96. The molecule has 1 aromatic rings. The van der Waals surface area contributed by atoms with E-state index in [2.05, 4.69) is 32.5 Å². The maximum Gasteiger partial charge on any atom is 0.228 e. The van der Waals surface area contributed by atoms with E-state index in [0.717, 1.165) is 38.6 Å². The molecule has 2 rings (SSSR count). The van der Waals surface area contributed by atoms with Gasteiger partial charge in [-0.25, -0.2) is 0 Å². The molecule has 1 aliphatic rings. The van der Waals surface area contributed by atoms with Crippen LogP contribution in [0.2, 0.25) is 5.28 Å². The quantitative estimate of drug-likeness (QED) is 0.742. The number of halogens is 1. The molecule has 1 aliphatic carbocycles. The summed E-state index contributed by atoms with van der Waals surface area (Å²) in [6.45, 7) is 3.29. The monoisotopic (exact) mass is 285 g/mol. The van der Waals surface area contributed by atoms with Crippen LogP contribution in [0.4, 0.5) is 11.9 Å². The summed E-state index contributed by atoms with van der Waals surface area (Å²) in [5, 5.41) is 16.5. The zero-order valence-corrected chi connectivity index (χ0v) is 11.9. The number of anilines is 2. The molecule has 0 saturated heterocycles. The van der Waals surface area contributed by atoms with Gasteiger partial charge < -0.3 is 15.7 Å². The summed E-state index contributed by atoms with van der Waals surface area (Å²) < 4.78 is 0. The Morgan fingerprint density at radius 1 is 1.16 bits per heavy atom. The van der Waals surface area contributed by atoms with Crippen LogP contribution in [0.1, 0.15) is 39.0 Å². The molecule has 106 valence electrons. The summed E-state index contributed by atoms with van der Waals surface area (Å²) in [6.07, 6.45) is 4.75. The van der Waals surface area contributed by atoms with Crippen molar-refractivity contribution >= 4 is 23.5 Å². The molecule has 0 unspecified atom stereocenters. The Morgan fingerprint density at radius 3 is 2.42 bits per heavy atom. The van der Waals surface area contributed by atoms with Crippen molar-refractivity contribution in [2.75, 3.05) is 23.7 Å². The van der Waals surface area contributed by atoms with Crippen LogP contribution in [-0.4, -0.2) is 38.7 Å². The number of aliphatic hydroxyl groups is 1. The third-order valence-corrected chi connectivity index (χ3v) is 3.42. The Bertz CT molecular complexity index is 423. The molecule has 0 aliphatic heterocycles. The fraction of sp³-hybridized carbons (Fsp3) is 0.750. The molecular weight excluding hydrogens is 266 g/mol. The van der Waals surface area contributed by atoms with Crippen LogP contribution in [0.3, 0.4) is 0 Å². The molecule has 1 heterocycles. The van der Waals surface area contributed by atoms with Gasteiger partial charge in [0, 0.05) is 13.1 Å². The molecule has 6 nitrogen and oxygen atoms in total. The van der Waals surface area contributed by atoms with E-state index < -0.39 is 5.60 Å². The van der Waals surface area contributed by atoms with Crippen molar-refractivity contribution in [1.82, 2.24) is 15.0 Å². The molecule has 0 atom stereocenters. The summed E-state index contributed by atoms with van der Waals surface area (Å²) >= 11 is 5.85. The molecule has 3 N–H and O–H groups in total. The fourth-order valence-corrected chi connectivity index (χ4v) is 2.36. The summed E-state index contributed by atoms with van der Waals surface area (Å²) in [6, 6.07) is 0. The number of rotatable bonds is 6. The van der Waals surface area contributed by atoms with E-state index in [9.17, 15) is 5.11 Å². The predicted octanol–water partition coefficient (Wildman–Crippen LogP) is 2.06. The van der Waals surface area contributed by atoms with Gasteiger partial charge in [-0.05, 0) is 30.9 Å². The van der Waals surface area contributed by atoms with Crippen LogP contribution in [-0.2, 0) is 0 Å². The van der Waals surface area contributed by atoms with E-state index in [1.54, 1.807) is 0 Å². The molecule has 0 radical (unpaired) electrons. The maximum atomic E-state index is 10.3. The minimum absolute atomic E-state index is 0.148. The SMILES string of the molecule is CCCNc1nc(Cl)nc(NCC2(O)CCCC2)n1. The first-order valence-corrected chi connectivity index (χ1v) is 7.11. The average Bonchev–Trinajstić information content (AvgIpc) is 2.81. The van der Waals surface area contributed by atoms with Gasteiger partial charge in [0.1, 0.15) is 0 Å². The summed E-state index contributed by atoms with van der Waals surface area (Å²) in [5.41, 5.74) is -0.643. The minimum Gasteiger partial charge on any atom is -0.388 e. The number of nitrogens with zero attached hydrogens (tertiary/aromatic N) is 3. The molecule has 1 aromatic heterocycles. The highest BCUT2D eigenvalue weighted by Crippen LogP contribution is 2.29. The van der Waals surface area contributed by atoms with E-state index >= 15 is 0 Å². The van der Waals surface area contributed by atoms with E-state index in [1.165, 1.54) is 0 Å². The van der Waals surface area contributed by atoms with E-state index in [-0.39, 0.29) is 5.28 Å². The molecule has 1 saturated carbocycles. The van der Waals surface area contributed by atoms with E-state index in [1.807, 2.05) is 0 Å². The van der Waals surface area contributed by atoms with Gasteiger partial charge in [0.05, 0.1) is 5.60 Å². The first kappa shape index (κ1) is 14.3. The summed E-state index contributed by atoms with van der Waals surface area (Å²) in [4.78, 5) is 12.2. The van der Waals surface area contributed by atoms with Crippen LogP contribution in [0.5, 0.6) is 0 Å². The van der Waals surface area contributed by atoms with Crippen LogP contribution in [0, 0.1) is 0 Å². The fourth-order valence-electron chi connectivity index (χ4n) is 2.20. The highest BCUT2D eigenvalue weighted by molar-refractivity contribution is 6.28. The molecule has 0 aromatic carbocycles. The highest BCUT2D eigenvalue weighted by Gasteiger charge is 2.30. The zero-order valence-electron chi connectivity index (χ0n) is 11.1. The van der Waals surface area contributed by atoms with E-state index in [0.29, 0.717) is 18.4 Å². The topological polar surface area (TPSA) is 83.0 Å². The Kier molecular flexibility index (Phi) is 4.76. The molecule has 7 heteroatoms. The lowest BCUT2D eigenvalue weighted by molar-refractivity contribution is 0.0613. The van der Waals surface area contributed by atoms with Gasteiger partial charge >= 0.3 is 0 Å². The molecule has 0 bridgehead atoms. The zero-order chi connectivity index (χ0) is 13.7. The van der Waals surface area contributed by atoms with Crippen molar-refractivity contribution in [3.05, 3.63) is 5.28 Å². The molecular formula is C12H20ClN5O. The predicted molar refractivity (Wildman–Crippen MR) is 75.5 cm³/mol. The maximum absolute atomic E-state index is 10.3. The van der Waals surface area contributed by atoms with Crippen LogP contribution in [0.15, 0.2) is 0 Å². The second-order valence-corrected chi connectivity index (χ2v) is 5.30. The van der Waals surface area contributed by atoms with Gasteiger partial charge in [-0.2, -0.15) is 15.0 Å². The Hall–Kier alpha value is -1.14. The number of nitrogens with one attached hydrogen (secondary N) is 2. The van der Waals surface area contributed by atoms with Crippen molar-refractivity contribution in [1.29, 1.82) is 0 Å². The molecule has 0 amide bonds. The van der Waals surface area contributed by atoms with Crippen LogP contribution < -0.4 is 10.6 Å². The molecule has 1 fully saturated rings. The van der Waals surface area contributed by atoms with Gasteiger partial charge in [0.25, 0.3) is 0 Å². The van der Waals surface area contributed by atoms with Gasteiger partial charge in [-0.15, -0.1) is 0 Å². The lowest BCUT2D eigenvalue weighted by Crippen LogP contribution is -2.34. The summed E-state index contributed by atoms with van der Waals surface area (Å²) in [5.74, 6) is 0.863. The van der Waals surface area contributed by atoms with E-state index in [4.69, 9.17) is 11.6 Å². The molecule has 19 heavy (non-hydrogen) atoms. The van der Waals surface area contributed by atoms with Crippen molar-refractivity contribution < 1.29 is 5.11 Å². The van der Waals surface area contributed by atoms with Crippen molar-refractivity contribution in [3.8, 4) is 0 Å². The summed E-state index contributed by atoms with van der Waals surface area (Å²) in [7, 11) is 0. The standard InChI is InChI=1S/C12H20ClN5O/c1-2-7-14-10-16-9(13)17-11(18-10)15-8-12(19)5-3-4-6-12/h19H,2-8H2,1H3,(H2,14,15,16,17,18). The third-order valence-electron chi connectivity index (χ3n) is 3.25. The number of hydrogen-bond acceptors (Lipinski definition) is 6. The molecule has 0 spiro atoms. The van der Waals surface area contributed by atoms with Crippen LogP contribution in [0.25, 0.3) is 0 Å². The van der Waals surface area contributed by atoms with Crippen molar-refractivity contribution in [3.63, 3.8) is 0 Å².